The van der Waals surface area contributed by atoms with Crippen molar-refractivity contribution in [3.63, 3.8) is 0 Å². The number of halogens is 1. The second-order valence-electron chi connectivity index (χ2n) is 10.8. The molecular weight excluding hydrogens is 501 g/mol. The first-order valence-electron chi connectivity index (χ1n) is 12.6. The van der Waals surface area contributed by atoms with Crippen molar-refractivity contribution in [3.05, 3.63) is 60.7 Å². The van der Waals surface area contributed by atoms with Crippen LogP contribution in [0.2, 0.25) is 5.04 Å². The molecule has 0 aromatic heterocycles. The van der Waals surface area contributed by atoms with E-state index in [0.717, 1.165) is 10.4 Å². The Labute approximate surface area is 223 Å². The number of amidine groups is 2. The summed E-state index contributed by atoms with van der Waals surface area (Å²) >= 11 is 0. The quantitative estimate of drug-likeness (QED) is 0.335. The average Bonchev–Trinajstić information content (AvgIpc) is 3.46. The molecular formula is C28H32FN5O3Si. The third-order valence-corrected chi connectivity index (χ3v) is 12.5. The Bertz CT molecular complexity index is 1270. The first-order valence-corrected chi connectivity index (χ1v) is 14.5. The molecule has 38 heavy (non-hydrogen) atoms. The van der Waals surface area contributed by atoms with Crippen LogP contribution in [-0.2, 0) is 9.16 Å². The Hall–Kier alpha value is -3.36. The van der Waals surface area contributed by atoms with Crippen LogP contribution in [0.25, 0.3) is 0 Å². The number of hydrogen-bond donors (Lipinski definition) is 2. The fourth-order valence-corrected chi connectivity index (χ4v) is 10.2. The zero-order valence-electron chi connectivity index (χ0n) is 21.7. The van der Waals surface area contributed by atoms with Gasteiger partial charge in [-0.3, -0.25) is 4.99 Å². The highest BCUT2D eigenvalue weighted by Gasteiger charge is 2.56. The first-order chi connectivity index (χ1) is 18.1. The number of ether oxygens (including phenoxy) is 1. The number of aliphatic hydroxyl groups is 1. The summed E-state index contributed by atoms with van der Waals surface area (Å²) in [6, 6.07) is 19.7. The fraction of sp³-hybridized carbons (Fsp3) is 0.393. The van der Waals surface area contributed by atoms with E-state index in [4.69, 9.17) is 21.3 Å². The summed E-state index contributed by atoms with van der Waals surface area (Å²) in [6.07, 6.45) is 4.29. The second-order valence-corrected chi connectivity index (χ2v) is 15.1. The Morgan fingerprint density at radius 3 is 2.34 bits per heavy atom. The summed E-state index contributed by atoms with van der Waals surface area (Å²) in [5.41, 5.74) is 4.45. The molecule has 3 aliphatic heterocycles. The lowest BCUT2D eigenvalue weighted by Gasteiger charge is -2.44. The van der Waals surface area contributed by atoms with E-state index < -0.39 is 44.5 Å². The van der Waals surface area contributed by atoms with E-state index in [1.165, 1.54) is 6.34 Å². The van der Waals surface area contributed by atoms with Crippen molar-refractivity contribution in [2.75, 3.05) is 6.61 Å². The molecule has 0 bridgehead atoms. The third kappa shape index (κ3) is 4.25. The van der Waals surface area contributed by atoms with Gasteiger partial charge < -0.3 is 24.9 Å². The van der Waals surface area contributed by atoms with E-state index in [1.807, 2.05) is 36.4 Å². The van der Waals surface area contributed by atoms with Gasteiger partial charge in [0.25, 0.3) is 8.32 Å². The molecule has 2 unspecified atom stereocenters. The van der Waals surface area contributed by atoms with Crippen molar-refractivity contribution in [1.82, 2.24) is 4.90 Å². The van der Waals surface area contributed by atoms with Gasteiger partial charge in [0.05, 0.1) is 12.9 Å². The van der Waals surface area contributed by atoms with Crippen LogP contribution in [0.1, 0.15) is 27.2 Å². The standard InChI is InChI=1S/C28H32FN5O3Si/c1-5-28(21(35)16-22(37-28)34-18-31-23-24(30)32-26(29)33-25(23)34)17-36-38(27(2,3)4,19-12-8-6-9-13-19)20-14-10-7-11-15-20/h1,6-15,18,21-23,25,35H,16-17H2,2-4H3,(H2,30,32,33)/t21-,22+,23?,25?,28+/m0/s1. The van der Waals surface area contributed by atoms with Crippen LogP contribution >= 0.6 is 0 Å². The monoisotopic (exact) mass is 533 g/mol. The Morgan fingerprint density at radius 2 is 1.79 bits per heavy atom. The average molecular weight is 534 g/mol. The number of nitrogens with zero attached hydrogens (tertiary/aromatic N) is 4. The van der Waals surface area contributed by atoms with Gasteiger partial charge in [-0.2, -0.15) is 9.38 Å². The van der Waals surface area contributed by atoms with Crippen LogP contribution < -0.4 is 16.1 Å². The first kappa shape index (κ1) is 26.3. The van der Waals surface area contributed by atoms with E-state index in [2.05, 4.69) is 65.9 Å². The molecule has 1 fully saturated rings. The predicted molar refractivity (Wildman–Crippen MR) is 149 cm³/mol. The summed E-state index contributed by atoms with van der Waals surface area (Å²) in [4.78, 5) is 13.5. The number of fused-ring (bicyclic) bond motifs is 1. The molecule has 198 valence electrons. The SMILES string of the molecule is C#C[C@]1(CO[Si](c2ccccc2)(c2ccccc2)C(C)(C)C)O[C@@H](N2C=NC3C(N)=NC(F)=NC32)C[C@@H]1O. The number of nitrogens with two attached hydrogens (primary N) is 1. The van der Waals surface area contributed by atoms with Gasteiger partial charge in [-0.1, -0.05) is 87.4 Å². The third-order valence-electron chi connectivity index (χ3n) is 7.52. The molecule has 0 aliphatic carbocycles. The molecule has 2 aromatic rings. The Balaban J connectivity index is 1.47. The van der Waals surface area contributed by atoms with E-state index >= 15 is 0 Å². The molecule has 2 aromatic carbocycles. The summed E-state index contributed by atoms with van der Waals surface area (Å²) in [7, 11) is -2.94. The zero-order valence-corrected chi connectivity index (χ0v) is 22.7. The van der Waals surface area contributed by atoms with Crippen molar-refractivity contribution in [2.45, 2.75) is 62.4 Å². The van der Waals surface area contributed by atoms with Crippen LogP contribution in [0.5, 0.6) is 0 Å². The number of rotatable bonds is 6. The van der Waals surface area contributed by atoms with Crippen LogP contribution in [0.15, 0.2) is 75.6 Å². The fourth-order valence-electron chi connectivity index (χ4n) is 5.59. The van der Waals surface area contributed by atoms with E-state index in [9.17, 15) is 9.50 Å². The highest BCUT2D eigenvalue weighted by atomic mass is 28.4. The summed E-state index contributed by atoms with van der Waals surface area (Å²) in [5, 5.41) is 13.1. The molecule has 0 amide bonds. The van der Waals surface area contributed by atoms with Gasteiger partial charge in [-0.05, 0) is 15.4 Å². The highest BCUT2D eigenvalue weighted by molar-refractivity contribution is 6.99. The molecule has 5 atom stereocenters. The normalized spacial score (nSPS) is 29.0. The Morgan fingerprint density at radius 1 is 1.18 bits per heavy atom. The van der Waals surface area contributed by atoms with Crippen LogP contribution in [0.3, 0.4) is 0 Å². The smallest absolute Gasteiger partial charge is 0.307 e. The van der Waals surface area contributed by atoms with Gasteiger partial charge in [-0.25, -0.2) is 4.99 Å². The highest BCUT2D eigenvalue weighted by Crippen LogP contribution is 2.40. The molecule has 10 heteroatoms. The second kappa shape index (κ2) is 9.74. The summed E-state index contributed by atoms with van der Waals surface area (Å²) < 4.78 is 27.3. The lowest BCUT2D eigenvalue weighted by atomic mass is 9.99. The Kier molecular flexibility index (Phi) is 6.73. The number of hydrogen-bond acceptors (Lipinski definition) is 8. The lowest BCUT2D eigenvalue weighted by molar-refractivity contribution is -0.1000. The van der Waals surface area contributed by atoms with Gasteiger partial charge >= 0.3 is 6.09 Å². The number of benzene rings is 2. The minimum atomic E-state index is -2.94. The molecule has 0 saturated carbocycles. The topological polar surface area (TPSA) is 105 Å². The van der Waals surface area contributed by atoms with Crippen molar-refractivity contribution < 1.29 is 18.7 Å². The molecule has 5 rings (SSSR count). The van der Waals surface area contributed by atoms with Crippen molar-refractivity contribution in [2.24, 2.45) is 20.7 Å². The molecule has 0 radical (unpaired) electrons. The van der Waals surface area contributed by atoms with Gasteiger partial charge in [0.2, 0.25) is 0 Å². The van der Waals surface area contributed by atoms with Gasteiger partial charge in [0.1, 0.15) is 24.2 Å². The van der Waals surface area contributed by atoms with Crippen molar-refractivity contribution >= 4 is 37.0 Å². The molecule has 0 spiro atoms. The molecule has 3 aliphatic rings. The maximum atomic E-state index is 14.0. The van der Waals surface area contributed by atoms with Gasteiger partial charge in [0, 0.05) is 6.42 Å². The number of aliphatic hydroxyl groups excluding tert-OH is 1. The molecule has 3 N–H and O–H groups in total. The van der Waals surface area contributed by atoms with Crippen molar-refractivity contribution in [3.8, 4) is 12.3 Å². The van der Waals surface area contributed by atoms with Crippen LogP contribution in [0, 0.1) is 12.3 Å². The van der Waals surface area contributed by atoms with E-state index in [-0.39, 0.29) is 23.9 Å². The van der Waals surface area contributed by atoms with Gasteiger partial charge in [-0.15, -0.1) is 6.42 Å². The maximum Gasteiger partial charge on any atom is 0.307 e. The summed E-state index contributed by atoms with van der Waals surface area (Å²) in [6.45, 7) is 6.46. The molecule has 1 saturated heterocycles. The van der Waals surface area contributed by atoms with Crippen molar-refractivity contribution in [1.29, 1.82) is 0 Å². The number of aliphatic imine (C=N–C) groups is 3. The maximum absolute atomic E-state index is 14.0. The zero-order chi connectivity index (χ0) is 27.1. The van der Waals surface area contributed by atoms with E-state index in [0.29, 0.717) is 0 Å². The van der Waals surface area contributed by atoms with Gasteiger partial charge in [0.15, 0.2) is 11.8 Å². The molecule has 8 nitrogen and oxygen atoms in total. The summed E-state index contributed by atoms with van der Waals surface area (Å²) in [5.74, 6) is 2.73. The predicted octanol–water partition coefficient (Wildman–Crippen LogP) is 1.78. The van der Waals surface area contributed by atoms with Crippen LogP contribution in [-0.4, -0.2) is 73.3 Å². The molecule has 3 heterocycles. The largest absolute Gasteiger partial charge is 0.403 e. The van der Waals surface area contributed by atoms with E-state index in [1.54, 1.807) is 4.90 Å². The minimum Gasteiger partial charge on any atom is -0.403 e. The lowest BCUT2D eigenvalue weighted by Crippen LogP contribution is -2.68. The number of terminal acetylenes is 1. The van der Waals surface area contributed by atoms with Crippen LogP contribution in [0.4, 0.5) is 4.39 Å². The minimum absolute atomic E-state index is 0.0330.